The van der Waals surface area contributed by atoms with Gasteiger partial charge in [-0.25, -0.2) is 0 Å². The molecule has 2 nitrogen and oxygen atoms in total. The molecule has 0 aliphatic heterocycles. The van der Waals surface area contributed by atoms with Crippen molar-refractivity contribution < 1.29 is 10.2 Å². The van der Waals surface area contributed by atoms with Crippen LogP contribution in [0, 0.1) is 52.3 Å². The maximum atomic E-state index is 11.6. The zero-order chi connectivity index (χ0) is 22.6. The van der Waals surface area contributed by atoms with Crippen molar-refractivity contribution in [3.05, 3.63) is 23.8 Å². The van der Waals surface area contributed by atoms with Crippen molar-refractivity contribution >= 4 is 0 Å². The Bertz CT molecular complexity index is 708. The number of aliphatic hydroxyl groups excluding tert-OH is 2. The van der Waals surface area contributed by atoms with E-state index in [-0.39, 0.29) is 23.0 Å². The molecule has 0 unspecified atom stereocenters. The van der Waals surface area contributed by atoms with Crippen LogP contribution in [0.5, 0.6) is 0 Å². The monoisotopic (exact) mass is 428 g/mol. The van der Waals surface area contributed by atoms with Crippen molar-refractivity contribution in [3.63, 3.8) is 0 Å². The summed E-state index contributed by atoms with van der Waals surface area (Å²) in [4.78, 5) is 0. The molecule has 0 radical (unpaired) electrons. The molecule has 4 aliphatic rings. The van der Waals surface area contributed by atoms with Gasteiger partial charge in [-0.1, -0.05) is 65.3 Å². The lowest BCUT2D eigenvalue weighted by molar-refractivity contribution is -0.127. The van der Waals surface area contributed by atoms with Crippen molar-refractivity contribution in [2.24, 2.45) is 52.3 Å². The number of rotatable bonds is 5. The average Bonchev–Trinajstić information content (AvgIpc) is 3.04. The molecule has 2 N–H and O–H groups in total. The van der Waals surface area contributed by atoms with E-state index in [1.54, 1.807) is 0 Å². The van der Waals surface area contributed by atoms with Crippen LogP contribution in [0.3, 0.4) is 0 Å². The van der Waals surface area contributed by atoms with E-state index in [2.05, 4.69) is 59.8 Å². The SMILES string of the molecule is CC[C@H](/C=C/[C@@H](C)[C@H]1CC[C@H]2[C@@H]3CC=C4C[C@@H](O)CC[C@]4(C)[C@H]3[C@H](O)C[C@]12C)C(C)C. The van der Waals surface area contributed by atoms with Crippen LogP contribution < -0.4 is 0 Å². The lowest BCUT2D eigenvalue weighted by atomic mass is 9.46. The van der Waals surface area contributed by atoms with Gasteiger partial charge in [0, 0.05) is 0 Å². The highest BCUT2D eigenvalue weighted by Crippen LogP contribution is 2.67. The van der Waals surface area contributed by atoms with E-state index in [0.29, 0.717) is 35.5 Å². The van der Waals surface area contributed by atoms with Gasteiger partial charge in [0.2, 0.25) is 0 Å². The lowest BCUT2D eigenvalue weighted by Gasteiger charge is -2.60. The van der Waals surface area contributed by atoms with Gasteiger partial charge in [-0.2, -0.15) is 0 Å². The average molecular weight is 429 g/mol. The molecule has 10 atom stereocenters. The molecule has 0 aromatic carbocycles. The van der Waals surface area contributed by atoms with Gasteiger partial charge >= 0.3 is 0 Å². The molecule has 0 heterocycles. The number of fused-ring (bicyclic) bond motifs is 5. The number of hydrogen-bond donors (Lipinski definition) is 2. The summed E-state index contributed by atoms with van der Waals surface area (Å²) < 4.78 is 0. The molecule has 0 amide bonds. The Kier molecular flexibility index (Phi) is 6.56. The molecule has 0 saturated heterocycles. The van der Waals surface area contributed by atoms with Gasteiger partial charge in [0.05, 0.1) is 12.2 Å². The Morgan fingerprint density at radius 3 is 2.52 bits per heavy atom. The van der Waals surface area contributed by atoms with E-state index in [0.717, 1.165) is 38.0 Å². The smallest absolute Gasteiger partial charge is 0.0585 e. The van der Waals surface area contributed by atoms with E-state index in [9.17, 15) is 10.2 Å². The van der Waals surface area contributed by atoms with E-state index >= 15 is 0 Å². The standard InChI is InChI=1S/C29H48O2/c1-7-20(18(2)3)9-8-19(4)24-12-13-25-23-11-10-21-16-22(30)14-15-28(21,5)27(23)26(31)17-29(24,25)6/h8-10,18-20,22-27,30-31H,7,11-17H2,1-6H3/b9-8+/t19-,20-,22+,23+,24-,25+,26-,27-,28+,29-/m1/s1. The Balaban J connectivity index is 1.57. The fourth-order valence-corrected chi connectivity index (χ4v) is 8.96. The Morgan fingerprint density at radius 1 is 1.10 bits per heavy atom. The quantitative estimate of drug-likeness (QED) is 0.474. The number of aliphatic hydroxyl groups is 2. The van der Waals surface area contributed by atoms with Crippen molar-refractivity contribution in [2.75, 3.05) is 0 Å². The first-order valence-electron chi connectivity index (χ1n) is 13.4. The van der Waals surface area contributed by atoms with E-state index < -0.39 is 0 Å². The van der Waals surface area contributed by atoms with Crippen molar-refractivity contribution in [3.8, 4) is 0 Å². The van der Waals surface area contributed by atoms with Crippen LogP contribution in [0.25, 0.3) is 0 Å². The summed E-state index contributed by atoms with van der Waals surface area (Å²) in [5.41, 5.74) is 1.79. The molecule has 0 bridgehead atoms. The van der Waals surface area contributed by atoms with Gasteiger partial charge in [-0.15, -0.1) is 0 Å². The second-order valence-corrected chi connectivity index (χ2v) is 12.6. The minimum atomic E-state index is -0.203. The van der Waals surface area contributed by atoms with Crippen molar-refractivity contribution in [2.45, 2.75) is 105 Å². The second kappa shape index (κ2) is 8.64. The number of allylic oxidation sites excluding steroid dienone is 3. The first kappa shape index (κ1) is 23.6. The fourth-order valence-electron chi connectivity index (χ4n) is 8.96. The third-order valence-corrected chi connectivity index (χ3v) is 10.7. The summed E-state index contributed by atoms with van der Waals surface area (Å²) in [6, 6.07) is 0. The minimum Gasteiger partial charge on any atom is -0.393 e. The maximum absolute atomic E-state index is 11.6. The Labute approximate surface area is 191 Å². The van der Waals surface area contributed by atoms with Crippen LogP contribution in [-0.2, 0) is 0 Å². The van der Waals surface area contributed by atoms with Gasteiger partial charge in [0.25, 0.3) is 0 Å². The highest BCUT2D eigenvalue weighted by atomic mass is 16.3. The molecule has 0 aromatic rings. The summed E-state index contributed by atoms with van der Waals surface area (Å²) in [6.45, 7) is 14.3. The number of hydrogen-bond acceptors (Lipinski definition) is 2. The molecule has 31 heavy (non-hydrogen) atoms. The van der Waals surface area contributed by atoms with Crippen molar-refractivity contribution in [1.82, 2.24) is 0 Å². The van der Waals surface area contributed by atoms with Crippen LogP contribution in [0.4, 0.5) is 0 Å². The van der Waals surface area contributed by atoms with E-state index in [1.165, 1.54) is 24.8 Å². The van der Waals surface area contributed by atoms with Gasteiger partial charge in [0.1, 0.15) is 0 Å². The van der Waals surface area contributed by atoms with Crippen LogP contribution >= 0.6 is 0 Å². The Morgan fingerprint density at radius 2 is 1.84 bits per heavy atom. The summed E-state index contributed by atoms with van der Waals surface area (Å²) in [6.07, 6.45) is 15.8. The highest BCUT2D eigenvalue weighted by molar-refractivity contribution is 5.26. The highest BCUT2D eigenvalue weighted by Gasteiger charge is 2.61. The zero-order valence-corrected chi connectivity index (χ0v) is 21.0. The van der Waals surface area contributed by atoms with Gasteiger partial charge in [-0.3, -0.25) is 0 Å². The normalized spacial score (nSPS) is 46.9. The first-order valence-corrected chi connectivity index (χ1v) is 13.4. The molecule has 4 aliphatic carbocycles. The maximum Gasteiger partial charge on any atom is 0.0585 e. The fraction of sp³-hybridized carbons (Fsp3) is 0.862. The molecule has 2 heteroatoms. The third kappa shape index (κ3) is 3.88. The van der Waals surface area contributed by atoms with E-state index in [4.69, 9.17) is 0 Å². The predicted molar refractivity (Wildman–Crippen MR) is 130 cm³/mol. The second-order valence-electron chi connectivity index (χ2n) is 12.6. The van der Waals surface area contributed by atoms with Crippen LogP contribution in [0.2, 0.25) is 0 Å². The molecule has 3 saturated carbocycles. The Hall–Kier alpha value is -0.600. The summed E-state index contributed by atoms with van der Waals surface area (Å²) in [5.74, 6) is 4.37. The van der Waals surface area contributed by atoms with Crippen LogP contribution in [0.1, 0.15) is 92.9 Å². The molecule has 0 spiro atoms. The molecule has 176 valence electrons. The van der Waals surface area contributed by atoms with Crippen molar-refractivity contribution in [1.29, 1.82) is 0 Å². The molecule has 0 aromatic heterocycles. The molecule has 3 fully saturated rings. The van der Waals surface area contributed by atoms with Gasteiger partial charge in [0.15, 0.2) is 0 Å². The third-order valence-electron chi connectivity index (χ3n) is 10.7. The molecule has 4 rings (SSSR count). The summed E-state index contributed by atoms with van der Waals surface area (Å²) in [7, 11) is 0. The summed E-state index contributed by atoms with van der Waals surface area (Å²) >= 11 is 0. The van der Waals surface area contributed by atoms with Crippen LogP contribution in [-0.4, -0.2) is 22.4 Å². The van der Waals surface area contributed by atoms with Gasteiger partial charge < -0.3 is 10.2 Å². The zero-order valence-electron chi connectivity index (χ0n) is 21.0. The minimum absolute atomic E-state index is 0.0953. The molecular weight excluding hydrogens is 380 g/mol. The molecular formula is C29H48O2. The van der Waals surface area contributed by atoms with E-state index in [1.807, 2.05) is 0 Å². The van der Waals surface area contributed by atoms with Crippen LogP contribution in [0.15, 0.2) is 23.8 Å². The predicted octanol–water partition coefficient (Wildman–Crippen LogP) is 6.77. The first-order chi connectivity index (χ1) is 14.6. The largest absolute Gasteiger partial charge is 0.393 e. The topological polar surface area (TPSA) is 40.5 Å². The lowest BCUT2D eigenvalue weighted by Crippen LogP contribution is -2.56. The summed E-state index contributed by atoms with van der Waals surface area (Å²) in [5, 5.41) is 21.9. The van der Waals surface area contributed by atoms with Gasteiger partial charge in [-0.05, 0) is 104 Å².